The Hall–Kier alpha value is -0.120. The van der Waals surface area contributed by atoms with Crippen molar-refractivity contribution < 1.29 is 9.84 Å². The maximum absolute atomic E-state index is 9.11. The van der Waals surface area contributed by atoms with Crippen LogP contribution in [-0.4, -0.2) is 48.0 Å². The van der Waals surface area contributed by atoms with Gasteiger partial charge in [-0.2, -0.15) is 0 Å². The first-order valence-corrected chi connectivity index (χ1v) is 5.52. The first-order valence-electron chi connectivity index (χ1n) is 5.52. The highest BCUT2D eigenvalue weighted by Gasteiger charge is 2.23. The monoisotopic (exact) mass is 201 g/mol. The Kier molecular flexibility index (Phi) is 4.35. The van der Waals surface area contributed by atoms with E-state index >= 15 is 0 Å². The molecule has 0 aromatic heterocycles. The van der Waals surface area contributed by atoms with Crippen molar-refractivity contribution in [3.05, 3.63) is 0 Å². The normalized spacial score (nSPS) is 24.4. The molecule has 0 aromatic carbocycles. The number of rotatable bonds is 4. The highest BCUT2D eigenvalue weighted by Crippen LogP contribution is 2.16. The topological polar surface area (TPSA) is 32.7 Å². The summed E-state index contributed by atoms with van der Waals surface area (Å²) in [5.41, 5.74) is -0.0472. The minimum atomic E-state index is -0.0472. The summed E-state index contributed by atoms with van der Waals surface area (Å²) < 4.78 is 5.66. The molecule has 0 spiro atoms. The van der Waals surface area contributed by atoms with Gasteiger partial charge in [-0.1, -0.05) is 0 Å². The Labute approximate surface area is 87.1 Å². The van der Waals surface area contributed by atoms with E-state index in [4.69, 9.17) is 9.84 Å². The van der Waals surface area contributed by atoms with Crippen molar-refractivity contribution in [1.82, 2.24) is 4.90 Å². The molecule has 1 saturated heterocycles. The van der Waals surface area contributed by atoms with Crippen LogP contribution in [0.5, 0.6) is 0 Å². The van der Waals surface area contributed by atoms with Gasteiger partial charge in [-0.05, 0) is 40.2 Å². The average molecular weight is 201 g/mol. The third kappa shape index (κ3) is 3.95. The summed E-state index contributed by atoms with van der Waals surface area (Å²) in [6.07, 6.45) is 2.34. The third-order valence-electron chi connectivity index (χ3n) is 2.62. The minimum absolute atomic E-state index is 0.0472. The summed E-state index contributed by atoms with van der Waals surface area (Å²) in [5, 5.41) is 9.11. The van der Waals surface area contributed by atoms with Gasteiger partial charge >= 0.3 is 0 Å². The molecule has 0 aromatic rings. The summed E-state index contributed by atoms with van der Waals surface area (Å²) in [6, 6.07) is 0.374. The molecule has 1 rings (SSSR count). The second-order valence-corrected chi connectivity index (χ2v) is 4.98. The molecule has 1 unspecified atom stereocenters. The zero-order chi connectivity index (χ0) is 10.6. The summed E-state index contributed by atoms with van der Waals surface area (Å²) in [7, 11) is 0. The number of likely N-dealkylation sites (tertiary alicyclic amines) is 1. The van der Waals surface area contributed by atoms with E-state index in [-0.39, 0.29) is 12.2 Å². The van der Waals surface area contributed by atoms with Crippen molar-refractivity contribution in [2.75, 3.05) is 26.3 Å². The van der Waals surface area contributed by atoms with E-state index in [0.717, 1.165) is 26.1 Å². The lowest BCUT2D eigenvalue weighted by molar-refractivity contribution is -0.0163. The van der Waals surface area contributed by atoms with E-state index in [0.29, 0.717) is 6.04 Å². The van der Waals surface area contributed by atoms with Gasteiger partial charge in [0.25, 0.3) is 0 Å². The molecule has 0 radical (unpaired) electrons. The molecule has 0 bridgehead atoms. The predicted octanol–water partition coefficient (Wildman–Crippen LogP) is 1.26. The van der Waals surface area contributed by atoms with Gasteiger partial charge < -0.3 is 9.84 Å². The maximum Gasteiger partial charge on any atom is 0.0600 e. The first-order chi connectivity index (χ1) is 6.53. The fraction of sp³-hybridized carbons (Fsp3) is 1.00. The van der Waals surface area contributed by atoms with Crippen molar-refractivity contribution in [1.29, 1.82) is 0 Å². The molecule has 0 saturated carbocycles. The Morgan fingerprint density at radius 2 is 2.14 bits per heavy atom. The van der Waals surface area contributed by atoms with E-state index in [2.05, 4.69) is 25.7 Å². The van der Waals surface area contributed by atoms with E-state index in [1.54, 1.807) is 0 Å². The van der Waals surface area contributed by atoms with Crippen LogP contribution in [0.15, 0.2) is 0 Å². The summed E-state index contributed by atoms with van der Waals surface area (Å²) >= 11 is 0. The van der Waals surface area contributed by atoms with Gasteiger partial charge in [0.1, 0.15) is 0 Å². The van der Waals surface area contributed by atoms with Crippen LogP contribution in [0.4, 0.5) is 0 Å². The SMILES string of the molecule is CC(C)(C)OCCN1CCCC1CO. The van der Waals surface area contributed by atoms with Crippen molar-refractivity contribution in [3.8, 4) is 0 Å². The molecule has 1 aliphatic rings. The van der Waals surface area contributed by atoms with Gasteiger partial charge in [-0.15, -0.1) is 0 Å². The van der Waals surface area contributed by atoms with Crippen LogP contribution in [0.3, 0.4) is 0 Å². The lowest BCUT2D eigenvalue weighted by Crippen LogP contribution is -2.36. The van der Waals surface area contributed by atoms with Gasteiger partial charge in [0.05, 0.1) is 18.8 Å². The molecule has 0 amide bonds. The molecule has 1 heterocycles. The van der Waals surface area contributed by atoms with E-state index < -0.39 is 0 Å². The van der Waals surface area contributed by atoms with Crippen LogP contribution >= 0.6 is 0 Å². The van der Waals surface area contributed by atoms with Gasteiger partial charge in [0, 0.05) is 12.6 Å². The van der Waals surface area contributed by atoms with Crippen LogP contribution in [0.1, 0.15) is 33.6 Å². The highest BCUT2D eigenvalue weighted by molar-refractivity contribution is 4.78. The molecule has 3 nitrogen and oxygen atoms in total. The van der Waals surface area contributed by atoms with Gasteiger partial charge in [-0.25, -0.2) is 0 Å². The van der Waals surface area contributed by atoms with Crippen molar-refractivity contribution in [2.24, 2.45) is 0 Å². The molecular weight excluding hydrogens is 178 g/mol. The number of aliphatic hydroxyl groups excluding tert-OH is 1. The molecule has 84 valence electrons. The van der Waals surface area contributed by atoms with Crippen LogP contribution in [0.2, 0.25) is 0 Å². The van der Waals surface area contributed by atoms with Crippen LogP contribution in [-0.2, 0) is 4.74 Å². The smallest absolute Gasteiger partial charge is 0.0600 e. The third-order valence-corrected chi connectivity index (χ3v) is 2.62. The quantitative estimate of drug-likeness (QED) is 0.743. The maximum atomic E-state index is 9.11. The van der Waals surface area contributed by atoms with Crippen LogP contribution in [0.25, 0.3) is 0 Å². The zero-order valence-corrected chi connectivity index (χ0v) is 9.62. The molecule has 1 aliphatic heterocycles. The van der Waals surface area contributed by atoms with Gasteiger partial charge in [-0.3, -0.25) is 4.90 Å². The second kappa shape index (κ2) is 5.10. The summed E-state index contributed by atoms with van der Waals surface area (Å²) in [5.74, 6) is 0. The first kappa shape index (κ1) is 12.0. The zero-order valence-electron chi connectivity index (χ0n) is 9.62. The predicted molar refractivity (Wildman–Crippen MR) is 57.4 cm³/mol. The molecule has 1 fully saturated rings. The molecule has 14 heavy (non-hydrogen) atoms. The lowest BCUT2D eigenvalue weighted by Gasteiger charge is -2.25. The van der Waals surface area contributed by atoms with E-state index in [1.807, 2.05) is 0 Å². The second-order valence-electron chi connectivity index (χ2n) is 4.98. The molecular formula is C11H23NO2. The molecule has 1 N–H and O–H groups in total. The molecule has 3 heteroatoms. The standard InChI is InChI=1S/C11H23NO2/c1-11(2,3)14-8-7-12-6-4-5-10(12)9-13/h10,13H,4-9H2,1-3H3. The average Bonchev–Trinajstić information content (AvgIpc) is 2.49. The Balaban J connectivity index is 2.18. The number of aliphatic hydroxyl groups is 1. The van der Waals surface area contributed by atoms with Gasteiger partial charge in [0.2, 0.25) is 0 Å². The Morgan fingerprint density at radius 3 is 2.71 bits per heavy atom. The Morgan fingerprint density at radius 1 is 1.43 bits per heavy atom. The fourth-order valence-electron chi connectivity index (χ4n) is 1.87. The van der Waals surface area contributed by atoms with Crippen molar-refractivity contribution in [2.45, 2.75) is 45.3 Å². The van der Waals surface area contributed by atoms with Crippen LogP contribution in [0, 0.1) is 0 Å². The van der Waals surface area contributed by atoms with Crippen molar-refractivity contribution >= 4 is 0 Å². The van der Waals surface area contributed by atoms with E-state index in [9.17, 15) is 0 Å². The summed E-state index contributed by atoms with van der Waals surface area (Å²) in [6.45, 7) is 9.32. The molecule has 1 atom stereocenters. The number of hydrogen-bond donors (Lipinski definition) is 1. The van der Waals surface area contributed by atoms with Gasteiger partial charge in [0.15, 0.2) is 0 Å². The number of nitrogens with zero attached hydrogens (tertiary/aromatic N) is 1. The molecule has 0 aliphatic carbocycles. The fourth-order valence-corrected chi connectivity index (χ4v) is 1.87. The lowest BCUT2D eigenvalue weighted by atomic mass is 10.2. The minimum Gasteiger partial charge on any atom is -0.395 e. The largest absolute Gasteiger partial charge is 0.395 e. The number of ether oxygens (including phenoxy) is 1. The van der Waals surface area contributed by atoms with E-state index in [1.165, 1.54) is 6.42 Å². The van der Waals surface area contributed by atoms with Crippen molar-refractivity contribution in [3.63, 3.8) is 0 Å². The number of hydrogen-bond acceptors (Lipinski definition) is 3. The Bertz CT molecular complexity index is 165. The summed E-state index contributed by atoms with van der Waals surface area (Å²) in [4.78, 5) is 2.33. The van der Waals surface area contributed by atoms with Crippen LogP contribution < -0.4 is 0 Å². The highest BCUT2D eigenvalue weighted by atomic mass is 16.5.